The highest BCUT2D eigenvalue weighted by Crippen LogP contribution is 2.35. The van der Waals surface area contributed by atoms with E-state index >= 15 is 0 Å². The van der Waals surface area contributed by atoms with Crippen LogP contribution >= 0.6 is 0 Å². The lowest BCUT2D eigenvalue weighted by Gasteiger charge is -2.14. The third kappa shape index (κ3) is 4.08. The van der Waals surface area contributed by atoms with Gasteiger partial charge in [-0.15, -0.1) is 13.2 Å². The fourth-order valence-electron chi connectivity index (χ4n) is 2.73. The lowest BCUT2D eigenvalue weighted by Crippen LogP contribution is -2.20. The van der Waals surface area contributed by atoms with Crippen molar-refractivity contribution in [1.82, 2.24) is 4.98 Å². The zero-order valence-electron chi connectivity index (χ0n) is 15.0. The SMILES string of the molecule is O=S(=O)(Oc1ccccc1-c1nc2ccccc2o1)c1ccccc1OC(F)(F)F. The zero-order chi connectivity index (χ0) is 21.4. The van der Waals surface area contributed by atoms with Crippen LogP contribution in [0.15, 0.2) is 82.1 Å². The molecule has 0 aliphatic carbocycles. The van der Waals surface area contributed by atoms with Crippen LogP contribution in [0.2, 0.25) is 0 Å². The summed E-state index contributed by atoms with van der Waals surface area (Å²) >= 11 is 0. The Labute approximate surface area is 168 Å². The van der Waals surface area contributed by atoms with Gasteiger partial charge in [0.25, 0.3) is 0 Å². The molecule has 10 heteroatoms. The number of aromatic nitrogens is 1. The molecule has 30 heavy (non-hydrogen) atoms. The van der Waals surface area contributed by atoms with Crippen molar-refractivity contribution in [2.24, 2.45) is 0 Å². The predicted octanol–water partition coefficient (Wildman–Crippen LogP) is 5.16. The van der Waals surface area contributed by atoms with Crippen molar-refractivity contribution in [2.45, 2.75) is 11.3 Å². The topological polar surface area (TPSA) is 78.6 Å². The van der Waals surface area contributed by atoms with Crippen molar-refractivity contribution >= 4 is 21.2 Å². The summed E-state index contributed by atoms with van der Waals surface area (Å²) < 4.78 is 78.0. The quantitative estimate of drug-likeness (QED) is 0.403. The van der Waals surface area contributed by atoms with Gasteiger partial charge >= 0.3 is 16.5 Å². The third-order valence-corrected chi connectivity index (χ3v) is 5.23. The van der Waals surface area contributed by atoms with Gasteiger partial charge in [0.15, 0.2) is 17.1 Å². The average Bonchev–Trinajstić information content (AvgIpc) is 3.11. The fourth-order valence-corrected chi connectivity index (χ4v) is 3.81. The molecule has 0 saturated heterocycles. The lowest BCUT2D eigenvalue weighted by molar-refractivity contribution is -0.275. The number of alkyl halides is 3. The van der Waals surface area contributed by atoms with E-state index in [0.29, 0.717) is 11.1 Å². The Bertz CT molecular complexity index is 1280. The summed E-state index contributed by atoms with van der Waals surface area (Å²) in [4.78, 5) is 3.53. The van der Waals surface area contributed by atoms with E-state index in [4.69, 9.17) is 8.60 Å². The number of hydrogen-bond donors (Lipinski definition) is 0. The van der Waals surface area contributed by atoms with Gasteiger partial charge in [0.2, 0.25) is 5.89 Å². The van der Waals surface area contributed by atoms with Gasteiger partial charge in [-0.05, 0) is 36.4 Å². The maximum atomic E-state index is 12.7. The van der Waals surface area contributed by atoms with Crippen LogP contribution in [0.1, 0.15) is 0 Å². The molecule has 154 valence electrons. The van der Waals surface area contributed by atoms with Gasteiger partial charge in [0.1, 0.15) is 10.4 Å². The standard InChI is InChI=1S/C20H12F3NO5S/c21-20(22,23)28-17-11-5-6-12-18(17)30(25,26)29-15-9-3-1-7-13(15)19-24-14-8-2-4-10-16(14)27-19/h1-12H. The number of rotatable bonds is 5. The first kappa shape index (κ1) is 19.8. The molecule has 0 bridgehead atoms. The summed E-state index contributed by atoms with van der Waals surface area (Å²) in [6.45, 7) is 0. The molecular weight excluding hydrogens is 423 g/mol. The van der Waals surface area contributed by atoms with Gasteiger partial charge in [-0.1, -0.05) is 36.4 Å². The van der Waals surface area contributed by atoms with Crippen molar-refractivity contribution in [3.8, 4) is 23.0 Å². The molecule has 0 aliphatic heterocycles. The molecule has 0 spiro atoms. The maximum Gasteiger partial charge on any atom is 0.573 e. The van der Waals surface area contributed by atoms with E-state index in [1.165, 1.54) is 30.3 Å². The van der Waals surface area contributed by atoms with Crippen LogP contribution in [0.3, 0.4) is 0 Å². The predicted molar refractivity (Wildman–Crippen MR) is 100 cm³/mol. The fraction of sp³-hybridized carbons (Fsp3) is 0.0500. The number of benzene rings is 3. The number of nitrogens with zero attached hydrogens (tertiary/aromatic N) is 1. The summed E-state index contributed by atoms with van der Waals surface area (Å²) in [6, 6.07) is 17.2. The molecule has 0 saturated carbocycles. The minimum absolute atomic E-state index is 0.0989. The van der Waals surface area contributed by atoms with Crippen molar-refractivity contribution < 1.29 is 34.9 Å². The van der Waals surface area contributed by atoms with Gasteiger partial charge < -0.3 is 13.3 Å². The molecule has 6 nitrogen and oxygen atoms in total. The Balaban J connectivity index is 1.74. The molecule has 0 amide bonds. The second-order valence-electron chi connectivity index (χ2n) is 6.01. The number of oxazole rings is 1. The number of hydrogen-bond acceptors (Lipinski definition) is 6. The molecule has 1 aromatic heterocycles. The summed E-state index contributed by atoms with van der Waals surface area (Å²) in [5, 5.41) is 0. The minimum Gasteiger partial charge on any atom is -0.436 e. The lowest BCUT2D eigenvalue weighted by atomic mass is 10.2. The van der Waals surface area contributed by atoms with Gasteiger partial charge in [0.05, 0.1) is 5.56 Å². The largest absolute Gasteiger partial charge is 0.573 e. The van der Waals surface area contributed by atoms with E-state index in [2.05, 4.69) is 9.72 Å². The van der Waals surface area contributed by atoms with Crippen molar-refractivity contribution in [3.63, 3.8) is 0 Å². The highest BCUT2D eigenvalue weighted by atomic mass is 32.2. The molecule has 4 rings (SSSR count). The molecule has 0 fully saturated rings. The molecule has 0 atom stereocenters. The normalized spacial score (nSPS) is 12.1. The molecule has 0 unspecified atom stereocenters. The second-order valence-corrected chi connectivity index (χ2v) is 7.53. The monoisotopic (exact) mass is 435 g/mol. The van der Waals surface area contributed by atoms with Gasteiger partial charge in [0, 0.05) is 0 Å². The molecule has 3 aromatic carbocycles. The Morgan fingerprint density at radius 2 is 1.47 bits per heavy atom. The molecular formula is C20H12F3NO5S. The third-order valence-electron chi connectivity index (χ3n) is 3.96. The summed E-state index contributed by atoms with van der Waals surface area (Å²) in [6.07, 6.45) is -5.07. The molecule has 1 heterocycles. The molecule has 4 aromatic rings. The van der Waals surface area contributed by atoms with Crippen LogP contribution in [0.25, 0.3) is 22.6 Å². The minimum atomic E-state index is -5.07. The van der Waals surface area contributed by atoms with E-state index in [9.17, 15) is 21.6 Å². The smallest absolute Gasteiger partial charge is 0.436 e. The van der Waals surface area contributed by atoms with E-state index in [1.807, 2.05) is 0 Å². The first-order valence-corrected chi connectivity index (χ1v) is 9.88. The van der Waals surface area contributed by atoms with Crippen molar-refractivity contribution in [2.75, 3.05) is 0 Å². The Morgan fingerprint density at radius 1 is 0.833 bits per heavy atom. The summed E-state index contributed by atoms with van der Waals surface area (Å²) in [5.41, 5.74) is 1.25. The van der Waals surface area contributed by atoms with E-state index in [-0.39, 0.29) is 17.2 Å². The highest BCUT2D eigenvalue weighted by Gasteiger charge is 2.34. The first-order valence-electron chi connectivity index (χ1n) is 8.47. The Morgan fingerprint density at radius 3 is 2.20 bits per heavy atom. The average molecular weight is 435 g/mol. The Hall–Kier alpha value is -3.53. The second kappa shape index (κ2) is 7.38. The highest BCUT2D eigenvalue weighted by molar-refractivity contribution is 7.87. The zero-order valence-corrected chi connectivity index (χ0v) is 15.8. The maximum absolute atomic E-state index is 12.7. The number of ether oxygens (including phenoxy) is 1. The number of halogens is 3. The van der Waals surface area contributed by atoms with Crippen LogP contribution in [0.5, 0.6) is 11.5 Å². The van der Waals surface area contributed by atoms with E-state index in [1.54, 1.807) is 30.3 Å². The van der Waals surface area contributed by atoms with Crippen LogP contribution in [0.4, 0.5) is 13.2 Å². The number of para-hydroxylation sites is 4. The van der Waals surface area contributed by atoms with Gasteiger partial charge in [-0.3, -0.25) is 0 Å². The summed E-state index contributed by atoms with van der Waals surface area (Å²) in [7, 11) is -4.67. The molecule has 0 N–H and O–H groups in total. The van der Waals surface area contributed by atoms with E-state index < -0.39 is 27.1 Å². The van der Waals surface area contributed by atoms with Crippen molar-refractivity contribution in [1.29, 1.82) is 0 Å². The van der Waals surface area contributed by atoms with Crippen molar-refractivity contribution in [3.05, 3.63) is 72.8 Å². The van der Waals surface area contributed by atoms with Crippen LogP contribution in [-0.2, 0) is 10.1 Å². The van der Waals surface area contributed by atoms with E-state index in [0.717, 1.165) is 12.1 Å². The van der Waals surface area contributed by atoms with Gasteiger partial charge in [-0.2, -0.15) is 8.42 Å². The van der Waals surface area contributed by atoms with Gasteiger partial charge in [-0.25, -0.2) is 4.98 Å². The number of fused-ring (bicyclic) bond motifs is 1. The summed E-state index contributed by atoms with van der Waals surface area (Å²) in [5.74, 6) is -0.961. The van der Waals surface area contributed by atoms with Crippen LogP contribution in [-0.4, -0.2) is 19.8 Å². The molecule has 0 aliphatic rings. The van der Waals surface area contributed by atoms with Crippen LogP contribution in [0, 0.1) is 0 Å². The first-order chi connectivity index (χ1) is 14.2. The van der Waals surface area contributed by atoms with Crippen LogP contribution < -0.4 is 8.92 Å². The Kier molecular flexibility index (Phi) is 4.86. The molecule has 0 radical (unpaired) electrons.